The van der Waals surface area contributed by atoms with Crippen molar-refractivity contribution < 1.29 is 19.7 Å². The zero-order valence-corrected chi connectivity index (χ0v) is 12.1. The minimum absolute atomic E-state index is 0.110. The topological polar surface area (TPSA) is 96.0 Å². The third-order valence-electron chi connectivity index (χ3n) is 3.55. The van der Waals surface area contributed by atoms with Crippen molar-refractivity contribution in [3.05, 3.63) is 29.8 Å². The number of rotatable bonds is 4. The molecule has 6 nitrogen and oxygen atoms in total. The first-order valence-corrected chi connectivity index (χ1v) is 7.08. The van der Waals surface area contributed by atoms with E-state index in [1.165, 1.54) is 0 Å². The maximum atomic E-state index is 12.4. The van der Waals surface area contributed by atoms with Gasteiger partial charge in [0, 0.05) is 13.1 Å². The number of aliphatic hydroxyl groups is 1. The molecule has 1 fully saturated rings. The first-order chi connectivity index (χ1) is 9.99. The first kappa shape index (κ1) is 15.8. The Hall–Kier alpha value is -1.63. The Kier molecular flexibility index (Phi) is 5.17. The van der Waals surface area contributed by atoms with Gasteiger partial charge in [-0.2, -0.15) is 0 Å². The minimum atomic E-state index is -0.640. The number of morpholine rings is 1. The molecule has 0 spiro atoms. The van der Waals surface area contributed by atoms with E-state index < -0.39 is 6.04 Å². The Bertz CT molecular complexity index is 477. The van der Waals surface area contributed by atoms with Crippen molar-refractivity contribution >= 4 is 5.91 Å². The van der Waals surface area contributed by atoms with Crippen LogP contribution in [0.4, 0.5) is 0 Å². The van der Waals surface area contributed by atoms with Crippen LogP contribution in [0.3, 0.4) is 0 Å². The monoisotopic (exact) mass is 294 g/mol. The maximum Gasteiger partial charge on any atom is 0.240 e. The molecule has 0 saturated carbocycles. The van der Waals surface area contributed by atoms with Gasteiger partial charge in [0.1, 0.15) is 5.75 Å². The van der Waals surface area contributed by atoms with Gasteiger partial charge < -0.3 is 25.6 Å². The number of phenols is 1. The van der Waals surface area contributed by atoms with Gasteiger partial charge in [0.05, 0.1) is 24.9 Å². The molecule has 116 valence electrons. The molecule has 1 amide bonds. The number of amides is 1. The van der Waals surface area contributed by atoms with Crippen LogP contribution in [0.15, 0.2) is 24.3 Å². The lowest BCUT2D eigenvalue weighted by Gasteiger charge is -2.37. The fraction of sp³-hybridized carbons (Fsp3) is 0.533. The summed E-state index contributed by atoms with van der Waals surface area (Å²) >= 11 is 0. The molecule has 3 atom stereocenters. The van der Waals surface area contributed by atoms with Gasteiger partial charge in [0.25, 0.3) is 0 Å². The van der Waals surface area contributed by atoms with E-state index in [1.54, 1.807) is 29.2 Å². The largest absolute Gasteiger partial charge is 0.508 e. The number of carbonyl (C=O) groups excluding carboxylic acids is 1. The van der Waals surface area contributed by atoms with Crippen molar-refractivity contribution in [1.82, 2.24) is 4.90 Å². The van der Waals surface area contributed by atoms with Gasteiger partial charge in [-0.15, -0.1) is 0 Å². The number of carbonyl (C=O) groups is 1. The number of hydrogen-bond acceptors (Lipinski definition) is 5. The molecular formula is C15H22N2O4. The smallest absolute Gasteiger partial charge is 0.240 e. The number of nitrogens with zero attached hydrogens (tertiary/aromatic N) is 1. The van der Waals surface area contributed by atoms with Gasteiger partial charge in [-0.25, -0.2) is 0 Å². The second-order valence-electron chi connectivity index (χ2n) is 5.47. The molecule has 1 aliphatic heterocycles. The molecule has 1 heterocycles. The van der Waals surface area contributed by atoms with Crippen molar-refractivity contribution in [2.45, 2.75) is 31.6 Å². The zero-order chi connectivity index (χ0) is 15.4. The lowest BCUT2D eigenvalue weighted by atomic mass is 10.0. The predicted molar refractivity (Wildman–Crippen MR) is 77.8 cm³/mol. The summed E-state index contributed by atoms with van der Waals surface area (Å²) in [5, 5.41) is 18.4. The first-order valence-electron chi connectivity index (χ1n) is 7.08. The van der Waals surface area contributed by atoms with Crippen LogP contribution < -0.4 is 5.73 Å². The highest BCUT2D eigenvalue weighted by Gasteiger charge is 2.30. The molecule has 0 bridgehead atoms. The van der Waals surface area contributed by atoms with Gasteiger partial charge in [-0.1, -0.05) is 12.1 Å². The van der Waals surface area contributed by atoms with Crippen LogP contribution in [0.5, 0.6) is 5.75 Å². The molecule has 1 aliphatic rings. The van der Waals surface area contributed by atoms with Crippen molar-refractivity contribution in [1.29, 1.82) is 0 Å². The molecule has 0 radical (unpaired) electrons. The third kappa shape index (κ3) is 4.17. The number of nitrogens with two attached hydrogens (primary N) is 1. The summed E-state index contributed by atoms with van der Waals surface area (Å²) in [5.74, 6) is 0.0446. The fourth-order valence-electron chi connectivity index (χ4n) is 2.53. The summed E-state index contributed by atoms with van der Waals surface area (Å²) < 4.78 is 5.51. The van der Waals surface area contributed by atoms with Gasteiger partial charge >= 0.3 is 0 Å². The predicted octanol–water partition coefficient (Wildman–Crippen LogP) is -0.130. The van der Waals surface area contributed by atoms with Gasteiger partial charge in [0.15, 0.2) is 0 Å². The molecule has 4 N–H and O–H groups in total. The highest BCUT2D eigenvalue weighted by molar-refractivity contribution is 5.82. The minimum Gasteiger partial charge on any atom is -0.508 e. The van der Waals surface area contributed by atoms with Crippen molar-refractivity contribution in [3.63, 3.8) is 0 Å². The van der Waals surface area contributed by atoms with Crippen molar-refractivity contribution in [3.8, 4) is 5.75 Å². The highest BCUT2D eigenvalue weighted by atomic mass is 16.5. The number of ether oxygens (including phenoxy) is 1. The van der Waals surface area contributed by atoms with E-state index in [9.17, 15) is 15.0 Å². The lowest BCUT2D eigenvalue weighted by Crippen LogP contribution is -2.55. The Morgan fingerprint density at radius 3 is 2.71 bits per heavy atom. The molecule has 1 saturated heterocycles. The molecule has 21 heavy (non-hydrogen) atoms. The van der Waals surface area contributed by atoms with E-state index >= 15 is 0 Å². The molecule has 2 rings (SSSR count). The van der Waals surface area contributed by atoms with Crippen LogP contribution in [0.2, 0.25) is 0 Å². The van der Waals surface area contributed by atoms with Crippen LogP contribution in [-0.2, 0) is 16.0 Å². The van der Waals surface area contributed by atoms with E-state index in [1.807, 2.05) is 6.92 Å². The summed E-state index contributed by atoms with van der Waals surface area (Å²) in [5.41, 5.74) is 6.89. The second kappa shape index (κ2) is 6.89. The Morgan fingerprint density at radius 1 is 1.43 bits per heavy atom. The molecule has 0 aromatic heterocycles. The number of aromatic hydroxyl groups is 1. The Morgan fingerprint density at radius 2 is 2.10 bits per heavy atom. The zero-order valence-electron chi connectivity index (χ0n) is 12.1. The third-order valence-corrected chi connectivity index (χ3v) is 3.55. The van der Waals surface area contributed by atoms with Gasteiger partial charge in [-0.05, 0) is 31.0 Å². The standard InChI is InChI=1S/C15H22N2O4/c1-10-7-17(8-13(9-18)21-10)15(20)14(16)6-11-2-4-12(19)5-3-11/h2-5,10,13-14,18-19H,6-9,16H2,1H3/t10?,13?,14-/m0/s1. The number of hydrogen-bond donors (Lipinski definition) is 3. The maximum absolute atomic E-state index is 12.4. The summed E-state index contributed by atoms with van der Waals surface area (Å²) in [7, 11) is 0. The van der Waals surface area contributed by atoms with Gasteiger partial charge in [0.2, 0.25) is 5.91 Å². The molecular weight excluding hydrogens is 272 g/mol. The summed E-state index contributed by atoms with van der Waals surface area (Å²) in [6.07, 6.45) is -0.0476. The number of aliphatic hydroxyl groups excluding tert-OH is 1. The second-order valence-corrected chi connectivity index (χ2v) is 5.47. The quantitative estimate of drug-likeness (QED) is 0.719. The normalized spacial score (nSPS) is 23.9. The van der Waals surface area contributed by atoms with Crippen LogP contribution >= 0.6 is 0 Å². The Balaban J connectivity index is 1.96. The van der Waals surface area contributed by atoms with Crippen molar-refractivity contribution in [2.24, 2.45) is 5.73 Å². The van der Waals surface area contributed by atoms with E-state index in [0.717, 1.165) is 5.56 Å². The van der Waals surface area contributed by atoms with E-state index in [4.69, 9.17) is 10.5 Å². The summed E-state index contributed by atoms with van der Waals surface area (Å²) in [6.45, 7) is 2.61. The van der Waals surface area contributed by atoms with Crippen LogP contribution in [0.1, 0.15) is 12.5 Å². The summed E-state index contributed by atoms with van der Waals surface area (Å²) in [6, 6.07) is 6.01. The Labute approximate surface area is 124 Å². The molecule has 6 heteroatoms. The van der Waals surface area contributed by atoms with Crippen LogP contribution in [0.25, 0.3) is 0 Å². The molecule has 1 aromatic carbocycles. The van der Waals surface area contributed by atoms with Crippen molar-refractivity contribution in [2.75, 3.05) is 19.7 Å². The van der Waals surface area contributed by atoms with Gasteiger partial charge in [-0.3, -0.25) is 4.79 Å². The molecule has 1 aromatic rings. The molecule has 0 aliphatic carbocycles. The van der Waals surface area contributed by atoms with E-state index in [-0.39, 0.29) is 30.5 Å². The number of benzene rings is 1. The average molecular weight is 294 g/mol. The summed E-state index contributed by atoms with van der Waals surface area (Å²) in [4.78, 5) is 14.0. The van der Waals surface area contributed by atoms with Crippen LogP contribution in [-0.4, -0.2) is 59.0 Å². The average Bonchev–Trinajstić information content (AvgIpc) is 2.48. The molecule has 2 unspecified atom stereocenters. The SMILES string of the molecule is CC1CN(C(=O)[C@@H](N)Cc2ccc(O)cc2)CC(CO)O1. The number of phenolic OH excluding ortho intramolecular Hbond substituents is 1. The fourth-order valence-corrected chi connectivity index (χ4v) is 2.53. The van der Waals surface area contributed by atoms with E-state index in [0.29, 0.717) is 19.5 Å². The van der Waals surface area contributed by atoms with E-state index in [2.05, 4.69) is 0 Å². The van der Waals surface area contributed by atoms with Crippen LogP contribution in [0, 0.1) is 0 Å². The lowest BCUT2D eigenvalue weighted by molar-refractivity contribution is -0.148. The highest BCUT2D eigenvalue weighted by Crippen LogP contribution is 2.14.